The Hall–Kier alpha value is -1.89. The fourth-order valence-electron chi connectivity index (χ4n) is 2.19. The van der Waals surface area contributed by atoms with Crippen molar-refractivity contribution in [1.82, 2.24) is 5.32 Å². The summed E-state index contributed by atoms with van der Waals surface area (Å²) in [7, 11) is -3.54. The fraction of sp³-hybridized carbons (Fsp3) is 0.294. The molecule has 0 spiro atoms. The largest absolute Gasteiger partial charge is 0.387 e. The fourth-order valence-corrected chi connectivity index (χ4v) is 2.65. The van der Waals surface area contributed by atoms with Crippen LogP contribution in [-0.4, -0.2) is 26.3 Å². The summed E-state index contributed by atoms with van der Waals surface area (Å²) in [6.45, 7) is 2.42. The minimum absolute atomic E-state index is 0.124. The molecular formula is C17H21NO4S. The van der Waals surface area contributed by atoms with Crippen LogP contribution in [0, 0.1) is 0 Å². The summed E-state index contributed by atoms with van der Waals surface area (Å²) in [6, 6.07) is 16.5. The van der Waals surface area contributed by atoms with Crippen molar-refractivity contribution in [3.8, 4) is 5.75 Å². The highest BCUT2D eigenvalue weighted by molar-refractivity contribution is 7.86. The smallest absolute Gasteiger partial charge is 0.306 e. The first-order valence-electron chi connectivity index (χ1n) is 7.31. The van der Waals surface area contributed by atoms with Gasteiger partial charge in [0.25, 0.3) is 0 Å². The Morgan fingerprint density at radius 1 is 1.04 bits per heavy atom. The molecule has 2 atom stereocenters. The van der Waals surface area contributed by atoms with Crippen LogP contribution in [0.3, 0.4) is 0 Å². The molecule has 0 aliphatic carbocycles. The van der Waals surface area contributed by atoms with Crippen LogP contribution in [0.2, 0.25) is 0 Å². The maximum absolute atomic E-state index is 11.1. The second-order valence-electron chi connectivity index (χ2n) is 5.41. The van der Waals surface area contributed by atoms with E-state index in [0.717, 1.165) is 11.8 Å². The molecule has 2 N–H and O–H groups in total. The van der Waals surface area contributed by atoms with E-state index in [1.165, 1.54) is 12.1 Å². The summed E-state index contributed by atoms with van der Waals surface area (Å²) in [5, 5.41) is 13.5. The molecule has 2 aromatic carbocycles. The van der Waals surface area contributed by atoms with Crippen molar-refractivity contribution < 1.29 is 17.7 Å². The molecule has 0 saturated carbocycles. The molecule has 0 unspecified atom stereocenters. The maximum Gasteiger partial charge on any atom is 0.306 e. The highest BCUT2D eigenvalue weighted by atomic mass is 32.2. The van der Waals surface area contributed by atoms with Crippen LogP contribution in [0.25, 0.3) is 0 Å². The highest BCUT2D eigenvalue weighted by Gasteiger charge is 2.11. The van der Waals surface area contributed by atoms with E-state index in [1.54, 1.807) is 12.1 Å². The SMILES string of the molecule is C[C@@H](NC[C@H](O)c1ccc(OS(C)(=O)=O)cc1)c1ccccc1. The predicted octanol–water partition coefficient (Wildman–Crippen LogP) is 2.41. The number of aliphatic hydroxyl groups is 1. The van der Waals surface area contributed by atoms with Gasteiger partial charge >= 0.3 is 10.1 Å². The van der Waals surface area contributed by atoms with Gasteiger partial charge in [0.2, 0.25) is 0 Å². The molecule has 0 heterocycles. The Kier molecular flexibility index (Phi) is 5.76. The molecular weight excluding hydrogens is 314 g/mol. The monoisotopic (exact) mass is 335 g/mol. The number of hydrogen-bond donors (Lipinski definition) is 2. The van der Waals surface area contributed by atoms with Crippen molar-refractivity contribution in [2.75, 3.05) is 12.8 Å². The van der Waals surface area contributed by atoms with Gasteiger partial charge < -0.3 is 14.6 Å². The van der Waals surface area contributed by atoms with E-state index >= 15 is 0 Å². The van der Waals surface area contributed by atoms with Crippen LogP contribution in [-0.2, 0) is 10.1 Å². The Labute approximate surface area is 137 Å². The van der Waals surface area contributed by atoms with E-state index in [1.807, 2.05) is 37.3 Å². The summed E-state index contributed by atoms with van der Waals surface area (Å²) in [6.07, 6.45) is 0.304. The van der Waals surface area contributed by atoms with Crippen molar-refractivity contribution in [2.24, 2.45) is 0 Å². The average molecular weight is 335 g/mol. The highest BCUT2D eigenvalue weighted by Crippen LogP contribution is 2.19. The number of rotatable bonds is 7. The lowest BCUT2D eigenvalue weighted by Gasteiger charge is -2.18. The standard InChI is InChI=1S/C17H21NO4S/c1-13(14-6-4-3-5-7-14)18-12-17(19)15-8-10-16(11-9-15)22-23(2,20)21/h3-11,13,17-19H,12H2,1-2H3/t13-,17+/m1/s1. The molecule has 0 saturated heterocycles. The zero-order valence-corrected chi connectivity index (χ0v) is 14.0. The van der Waals surface area contributed by atoms with E-state index in [4.69, 9.17) is 4.18 Å². The normalized spacial score (nSPS) is 14.2. The van der Waals surface area contributed by atoms with E-state index in [0.29, 0.717) is 12.1 Å². The minimum atomic E-state index is -3.54. The third-order valence-electron chi connectivity index (χ3n) is 3.43. The number of nitrogens with one attached hydrogen (secondary N) is 1. The first-order valence-corrected chi connectivity index (χ1v) is 9.12. The summed E-state index contributed by atoms with van der Waals surface area (Å²) in [5.74, 6) is 0.231. The molecule has 0 aliphatic rings. The minimum Gasteiger partial charge on any atom is -0.387 e. The second-order valence-corrected chi connectivity index (χ2v) is 6.99. The quantitative estimate of drug-likeness (QED) is 0.760. The summed E-state index contributed by atoms with van der Waals surface area (Å²) in [5.41, 5.74) is 1.84. The topological polar surface area (TPSA) is 75.6 Å². The zero-order chi connectivity index (χ0) is 16.9. The van der Waals surface area contributed by atoms with E-state index in [9.17, 15) is 13.5 Å². The van der Waals surface area contributed by atoms with Gasteiger partial charge in [-0.2, -0.15) is 8.42 Å². The van der Waals surface area contributed by atoms with Crippen LogP contribution in [0.5, 0.6) is 5.75 Å². The van der Waals surface area contributed by atoms with Gasteiger partial charge in [0, 0.05) is 12.6 Å². The molecule has 6 heteroatoms. The molecule has 23 heavy (non-hydrogen) atoms. The van der Waals surface area contributed by atoms with Gasteiger partial charge in [0.15, 0.2) is 0 Å². The van der Waals surface area contributed by atoms with Crippen LogP contribution in [0.15, 0.2) is 54.6 Å². The van der Waals surface area contributed by atoms with Crippen LogP contribution in [0.4, 0.5) is 0 Å². The summed E-state index contributed by atoms with van der Waals surface area (Å²) >= 11 is 0. The van der Waals surface area contributed by atoms with E-state index < -0.39 is 16.2 Å². The van der Waals surface area contributed by atoms with Gasteiger partial charge in [0.05, 0.1) is 12.4 Å². The molecule has 0 aliphatic heterocycles. The van der Waals surface area contributed by atoms with Crippen molar-refractivity contribution in [1.29, 1.82) is 0 Å². The van der Waals surface area contributed by atoms with Gasteiger partial charge in [-0.15, -0.1) is 0 Å². The van der Waals surface area contributed by atoms with Crippen molar-refractivity contribution in [3.05, 3.63) is 65.7 Å². The molecule has 124 valence electrons. The van der Waals surface area contributed by atoms with Gasteiger partial charge in [-0.1, -0.05) is 42.5 Å². The number of aliphatic hydroxyl groups excluding tert-OH is 1. The molecule has 0 fully saturated rings. The first kappa shape index (κ1) is 17.5. The molecule has 2 rings (SSSR count). The maximum atomic E-state index is 11.1. The predicted molar refractivity (Wildman–Crippen MR) is 89.7 cm³/mol. The molecule has 5 nitrogen and oxygen atoms in total. The second kappa shape index (κ2) is 7.59. The van der Waals surface area contributed by atoms with E-state index in [2.05, 4.69) is 5.32 Å². The number of hydrogen-bond acceptors (Lipinski definition) is 5. The third kappa shape index (κ3) is 5.67. The molecule has 2 aromatic rings. The van der Waals surface area contributed by atoms with Crippen molar-refractivity contribution >= 4 is 10.1 Å². The number of benzene rings is 2. The molecule has 0 amide bonds. The Morgan fingerprint density at radius 2 is 1.65 bits per heavy atom. The first-order chi connectivity index (χ1) is 10.8. The van der Waals surface area contributed by atoms with Crippen LogP contribution < -0.4 is 9.50 Å². The van der Waals surface area contributed by atoms with Gasteiger partial charge in [0.1, 0.15) is 5.75 Å². The Morgan fingerprint density at radius 3 is 2.22 bits per heavy atom. The summed E-state index contributed by atoms with van der Waals surface area (Å²) < 4.78 is 26.9. The lowest BCUT2D eigenvalue weighted by atomic mass is 10.1. The lowest BCUT2D eigenvalue weighted by molar-refractivity contribution is 0.171. The van der Waals surface area contributed by atoms with Gasteiger partial charge in [-0.05, 0) is 30.2 Å². The van der Waals surface area contributed by atoms with Crippen molar-refractivity contribution in [3.63, 3.8) is 0 Å². The van der Waals surface area contributed by atoms with Gasteiger partial charge in [-0.25, -0.2) is 0 Å². The Balaban J connectivity index is 1.92. The molecule has 0 bridgehead atoms. The van der Waals surface area contributed by atoms with Crippen LogP contribution in [0.1, 0.15) is 30.2 Å². The summed E-state index contributed by atoms with van der Waals surface area (Å²) in [4.78, 5) is 0. The zero-order valence-electron chi connectivity index (χ0n) is 13.1. The van der Waals surface area contributed by atoms with Crippen LogP contribution >= 0.6 is 0 Å². The third-order valence-corrected chi connectivity index (χ3v) is 3.92. The van der Waals surface area contributed by atoms with Crippen molar-refractivity contribution in [2.45, 2.75) is 19.1 Å². The molecule has 0 radical (unpaired) electrons. The Bertz CT molecular complexity index is 714. The average Bonchev–Trinajstić information content (AvgIpc) is 2.52. The molecule has 0 aromatic heterocycles. The van der Waals surface area contributed by atoms with Gasteiger partial charge in [-0.3, -0.25) is 0 Å². The van der Waals surface area contributed by atoms with E-state index in [-0.39, 0.29) is 11.8 Å². The lowest BCUT2D eigenvalue weighted by Crippen LogP contribution is -2.24.